The molecule has 0 saturated heterocycles. The molecule has 2 fully saturated rings. The van der Waals surface area contributed by atoms with Gasteiger partial charge in [0.15, 0.2) is 0 Å². The summed E-state index contributed by atoms with van der Waals surface area (Å²) >= 11 is 0. The molecule has 3 aliphatic rings. The Morgan fingerprint density at radius 1 is 1.29 bits per heavy atom. The Hall–Kier alpha value is -1.32. The molecule has 28 heavy (non-hydrogen) atoms. The molecular formula is C24H40N2O2. The van der Waals surface area contributed by atoms with Crippen molar-refractivity contribution in [1.29, 1.82) is 0 Å². The largest absolute Gasteiger partial charge is 0.351 e. The number of carbonyl (C=O) groups excluding carboxylic acids is 2. The van der Waals surface area contributed by atoms with Crippen molar-refractivity contribution in [3.05, 3.63) is 12.2 Å². The number of carbonyl (C=O) groups is 2. The SMILES string of the molecule is CCC(C(=O)NC(C)(C)C)[C@@]1(C)CCC2C(CCC3NC(=O)C=C[C@@]32C)C1C. The Bertz CT molecular complexity index is 664. The second-order valence-corrected chi connectivity index (χ2v) is 11.1. The minimum absolute atomic E-state index is 0.0239. The van der Waals surface area contributed by atoms with Crippen LogP contribution in [0.4, 0.5) is 0 Å². The summed E-state index contributed by atoms with van der Waals surface area (Å²) in [6.45, 7) is 15.4. The molecule has 2 aliphatic carbocycles. The molecule has 5 unspecified atom stereocenters. The molecule has 3 rings (SSSR count). The van der Waals surface area contributed by atoms with Crippen LogP contribution in [0.15, 0.2) is 12.2 Å². The molecule has 0 aromatic heterocycles. The molecule has 2 saturated carbocycles. The quantitative estimate of drug-likeness (QED) is 0.750. The third-order valence-corrected chi connectivity index (χ3v) is 8.46. The number of fused-ring (bicyclic) bond motifs is 3. The summed E-state index contributed by atoms with van der Waals surface area (Å²) in [6, 6.07) is 0.258. The second-order valence-electron chi connectivity index (χ2n) is 11.1. The average Bonchev–Trinajstić information content (AvgIpc) is 2.58. The third-order valence-electron chi connectivity index (χ3n) is 8.46. The highest BCUT2D eigenvalue weighted by Crippen LogP contribution is 2.60. The summed E-state index contributed by atoms with van der Waals surface area (Å²) in [6.07, 6.45) is 9.21. The van der Waals surface area contributed by atoms with Crippen LogP contribution < -0.4 is 10.6 Å². The lowest BCUT2D eigenvalue weighted by Crippen LogP contribution is -2.60. The fourth-order valence-corrected chi connectivity index (χ4v) is 6.74. The zero-order valence-electron chi connectivity index (χ0n) is 18.9. The van der Waals surface area contributed by atoms with Crippen molar-refractivity contribution in [3.8, 4) is 0 Å². The predicted molar refractivity (Wildman–Crippen MR) is 114 cm³/mol. The zero-order chi connectivity index (χ0) is 20.9. The Morgan fingerprint density at radius 3 is 2.57 bits per heavy atom. The van der Waals surface area contributed by atoms with Gasteiger partial charge in [-0.1, -0.05) is 33.8 Å². The van der Waals surface area contributed by atoms with Crippen LogP contribution in [0.3, 0.4) is 0 Å². The van der Waals surface area contributed by atoms with Gasteiger partial charge >= 0.3 is 0 Å². The molecule has 0 radical (unpaired) electrons. The molecule has 1 aliphatic heterocycles. The molecule has 1 heterocycles. The minimum Gasteiger partial charge on any atom is -0.351 e. The first-order valence-electron chi connectivity index (χ1n) is 11.2. The van der Waals surface area contributed by atoms with E-state index in [1.807, 2.05) is 0 Å². The first-order valence-corrected chi connectivity index (χ1v) is 11.2. The Balaban J connectivity index is 1.85. The zero-order valence-corrected chi connectivity index (χ0v) is 18.9. The number of hydrogen-bond acceptors (Lipinski definition) is 2. The van der Waals surface area contributed by atoms with Crippen molar-refractivity contribution in [2.75, 3.05) is 0 Å². The third kappa shape index (κ3) is 3.52. The van der Waals surface area contributed by atoms with Crippen molar-refractivity contribution in [3.63, 3.8) is 0 Å². The molecule has 0 bridgehead atoms. The highest BCUT2D eigenvalue weighted by Gasteiger charge is 2.57. The van der Waals surface area contributed by atoms with E-state index in [1.54, 1.807) is 6.08 Å². The molecule has 7 atom stereocenters. The summed E-state index contributed by atoms with van der Waals surface area (Å²) in [5, 5.41) is 6.46. The van der Waals surface area contributed by atoms with Crippen molar-refractivity contribution >= 4 is 11.8 Å². The van der Waals surface area contributed by atoms with Gasteiger partial charge in [-0.05, 0) is 82.1 Å². The standard InChI is InChI=1S/C24H40N2O2/c1-8-17(21(28)26-22(3,4)5)23(6)13-11-18-16(15(23)2)9-10-19-24(18,7)14-12-20(27)25-19/h12,14-19H,8-11,13H2,1-7H3,(H,25,27)(H,26,28)/t15?,16?,17?,18?,19?,23-,24+/m0/s1. The molecule has 2 N–H and O–H groups in total. The molecule has 0 aromatic rings. The van der Waals surface area contributed by atoms with Crippen LogP contribution in [0.5, 0.6) is 0 Å². The first-order chi connectivity index (χ1) is 12.9. The van der Waals surface area contributed by atoms with E-state index in [1.165, 1.54) is 0 Å². The minimum atomic E-state index is -0.196. The van der Waals surface area contributed by atoms with Crippen molar-refractivity contribution in [1.82, 2.24) is 10.6 Å². The van der Waals surface area contributed by atoms with Crippen molar-refractivity contribution in [2.24, 2.45) is 34.5 Å². The molecule has 4 heteroatoms. The van der Waals surface area contributed by atoms with Crippen molar-refractivity contribution < 1.29 is 9.59 Å². The number of amides is 2. The molecule has 0 aromatic carbocycles. The molecular weight excluding hydrogens is 348 g/mol. The van der Waals surface area contributed by atoms with Crippen LogP contribution in [0.2, 0.25) is 0 Å². The first kappa shape index (κ1) is 21.4. The van der Waals surface area contributed by atoms with E-state index in [4.69, 9.17) is 0 Å². The van der Waals surface area contributed by atoms with Gasteiger partial charge in [0.2, 0.25) is 11.8 Å². The van der Waals surface area contributed by atoms with Crippen LogP contribution in [-0.2, 0) is 9.59 Å². The van der Waals surface area contributed by atoms with Crippen molar-refractivity contribution in [2.45, 2.75) is 92.2 Å². The van der Waals surface area contributed by atoms with Gasteiger partial charge in [-0.3, -0.25) is 9.59 Å². The topological polar surface area (TPSA) is 58.2 Å². The number of rotatable bonds is 3. The van der Waals surface area contributed by atoms with E-state index in [0.29, 0.717) is 17.8 Å². The summed E-state index contributed by atoms with van der Waals surface area (Å²) in [4.78, 5) is 25.0. The maximum absolute atomic E-state index is 13.2. The summed E-state index contributed by atoms with van der Waals surface area (Å²) < 4.78 is 0. The molecule has 0 spiro atoms. The van der Waals surface area contributed by atoms with E-state index < -0.39 is 0 Å². The van der Waals surface area contributed by atoms with Gasteiger partial charge in [0.05, 0.1) is 0 Å². The summed E-state index contributed by atoms with van der Waals surface area (Å²) in [5.74, 6) is 2.00. The fraction of sp³-hybridized carbons (Fsp3) is 0.833. The van der Waals surface area contributed by atoms with Crippen LogP contribution in [0, 0.1) is 34.5 Å². The van der Waals surface area contributed by atoms with Gasteiger partial charge in [-0.25, -0.2) is 0 Å². The molecule has 2 amide bonds. The Labute approximate surface area is 171 Å². The van der Waals surface area contributed by atoms with Gasteiger partial charge < -0.3 is 10.6 Å². The Morgan fingerprint density at radius 2 is 1.96 bits per heavy atom. The van der Waals surface area contributed by atoms with Gasteiger partial charge in [0.1, 0.15) is 0 Å². The fourth-order valence-electron chi connectivity index (χ4n) is 6.74. The summed E-state index contributed by atoms with van der Waals surface area (Å²) in [5.41, 5.74) is -0.129. The maximum atomic E-state index is 13.2. The van der Waals surface area contributed by atoms with E-state index in [-0.39, 0.29) is 40.1 Å². The monoisotopic (exact) mass is 388 g/mol. The van der Waals surface area contributed by atoms with Crippen LogP contribution in [-0.4, -0.2) is 23.4 Å². The van der Waals surface area contributed by atoms with Crippen LogP contribution in [0.25, 0.3) is 0 Å². The maximum Gasteiger partial charge on any atom is 0.243 e. The second kappa shape index (κ2) is 7.18. The van der Waals surface area contributed by atoms with E-state index in [9.17, 15) is 9.59 Å². The highest BCUT2D eigenvalue weighted by molar-refractivity contribution is 5.89. The van der Waals surface area contributed by atoms with Crippen LogP contribution in [0.1, 0.15) is 80.6 Å². The predicted octanol–water partition coefficient (Wildman–Crippen LogP) is 4.45. The van der Waals surface area contributed by atoms with Gasteiger partial charge in [0, 0.05) is 22.9 Å². The molecule has 4 nitrogen and oxygen atoms in total. The van der Waals surface area contributed by atoms with Gasteiger partial charge in [-0.2, -0.15) is 0 Å². The summed E-state index contributed by atoms with van der Waals surface area (Å²) in [7, 11) is 0. The number of hydrogen-bond donors (Lipinski definition) is 2. The van der Waals surface area contributed by atoms with E-state index >= 15 is 0 Å². The normalized spacial score (nSPS) is 41.5. The Kier molecular flexibility index (Phi) is 5.48. The van der Waals surface area contributed by atoms with E-state index in [2.05, 4.69) is 65.2 Å². The van der Waals surface area contributed by atoms with Gasteiger partial charge in [-0.15, -0.1) is 0 Å². The van der Waals surface area contributed by atoms with Crippen LogP contribution >= 0.6 is 0 Å². The lowest BCUT2D eigenvalue weighted by Gasteiger charge is -2.60. The highest BCUT2D eigenvalue weighted by atomic mass is 16.2. The van der Waals surface area contributed by atoms with E-state index in [0.717, 1.165) is 32.1 Å². The lowest BCUT2D eigenvalue weighted by molar-refractivity contribution is -0.141. The van der Waals surface area contributed by atoms with Gasteiger partial charge in [0.25, 0.3) is 0 Å². The lowest BCUT2D eigenvalue weighted by atomic mass is 9.46. The number of nitrogens with one attached hydrogen (secondary N) is 2. The average molecular weight is 389 g/mol. The smallest absolute Gasteiger partial charge is 0.243 e. The molecule has 158 valence electrons.